The minimum atomic E-state index is -0.571. The fourth-order valence-electron chi connectivity index (χ4n) is 2.28. The van der Waals surface area contributed by atoms with Crippen LogP contribution in [0.15, 0.2) is 53.1 Å². The lowest BCUT2D eigenvalue weighted by Crippen LogP contribution is -2.44. The number of hydrogen-bond donors (Lipinski definition) is 3. The van der Waals surface area contributed by atoms with Crippen LogP contribution in [0.4, 0.5) is 4.79 Å². The highest BCUT2D eigenvalue weighted by Crippen LogP contribution is 2.22. The first-order valence-electron chi connectivity index (χ1n) is 6.67. The molecule has 0 spiro atoms. The van der Waals surface area contributed by atoms with Gasteiger partial charge in [-0.2, -0.15) is 0 Å². The Balaban J connectivity index is 1.80. The summed E-state index contributed by atoms with van der Waals surface area (Å²) in [6.07, 6.45) is 1.57. The van der Waals surface area contributed by atoms with Gasteiger partial charge in [-0.05, 0) is 17.7 Å². The highest BCUT2D eigenvalue weighted by atomic mass is 16.3. The van der Waals surface area contributed by atoms with Crippen LogP contribution in [0, 0.1) is 0 Å². The maximum absolute atomic E-state index is 12.3. The van der Waals surface area contributed by atoms with Crippen LogP contribution in [0.3, 0.4) is 0 Å². The van der Waals surface area contributed by atoms with Crippen molar-refractivity contribution in [3.05, 3.63) is 60.1 Å². The molecule has 1 aromatic carbocycles. The van der Waals surface area contributed by atoms with Gasteiger partial charge in [-0.15, -0.1) is 0 Å². The standard InChI is InChI=1S/C15H15N3O3/c19-14(11-9-16-15(20)17-11)18-13(12-7-4-8-21-12)10-5-2-1-3-6-10/h1-8,11,13H,9H2,(H,18,19)(H2,16,17,20)/t11-,13+/m1/s1. The van der Waals surface area contributed by atoms with E-state index in [1.165, 1.54) is 0 Å². The van der Waals surface area contributed by atoms with Crippen molar-refractivity contribution in [1.82, 2.24) is 16.0 Å². The minimum Gasteiger partial charge on any atom is -0.467 e. The molecule has 3 amide bonds. The van der Waals surface area contributed by atoms with E-state index in [1.807, 2.05) is 36.4 Å². The second-order valence-corrected chi connectivity index (χ2v) is 4.77. The van der Waals surface area contributed by atoms with E-state index >= 15 is 0 Å². The molecule has 2 heterocycles. The van der Waals surface area contributed by atoms with Gasteiger partial charge in [-0.1, -0.05) is 30.3 Å². The fraction of sp³-hybridized carbons (Fsp3) is 0.200. The number of benzene rings is 1. The molecule has 6 nitrogen and oxygen atoms in total. The molecule has 0 radical (unpaired) electrons. The van der Waals surface area contributed by atoms with Crippen molar-refractivity contribution in [2.75, 3.05) is 6.54 Å². The molecule has 21 heavy (non-hydrogen) atoms. The van der Waals surface area contributed by atoms with Gasteiger partial charge in [0.1, 0.15) is 17.8 Å². The lowest BCUT2D eigenvalue weighted by atomic mass is 10.0. The van der Waals surface area contributed by atoms with Gasteiger partial charge in [0.15, 0.2) is 0 Å². The number of furan rings is 1. The zero-order valence-corrected chi connectivity index (χ0v) is 11.2. The van der Waals surface area contributed by atoms with Crippen molar-refractivity contribution in [3.8, 4) is 0 Å². The summed E-state index contributed by atoms with van der Waals surface area (Å²) in [5.41, 5.74) is 0.915. The van der Waals surface area contributed by atoms with Gasteiger partial charge in [0, 0.05) is 6.54 Å². The van der Waals surface area contributed by atoms with Crippen LogP contribution >= 0.6 is 0 Å². The number of carbonyl (C=O) groups excluding carboxylic acids is 2. The molecule has 3 N–H and O–H groups in total. The zero-order valence-electron chi connectivity index (χ0n) is 11.2. The molecule has 2 aromatic rings. The molecule has 1 aliphatic heterocycles. The third-order valence-electron chi connectivity index (χ3n) is 3.34. The monoisotopic (exact) mass is 285 g/mol. The lowest BCUT2D eigenvalue weighted by Gasteiger charge is -2.19. The highest BCUT2D eigenvalue weighted by Gasteiger charge is 2.29. The Labute approximate surface area is 121 Å². The molecule has 108 valence electrons. The Kier molecular flexibility index (Phi) is 3.59. The number of carbonyl (C=O) groups is 2. The lowest BCUT2D eigenvalue weighted by molar-refractivity contribution is -0.123. The summed E-state index contributed by atoms with van der Waals surface area (Å²) in [6.45, 7) is 0.282. The Morgan fingerprint density at radius 2 is 2.05 bits per heavy atom. The molecule has 0 aliphatic carbocycles. The molecular weight excluding hydrogens is 270 g/mol. The quantitative estimate of drug-likeness (QED) is 0.788. The second kappa shape index (κ2) is 5.70. The maximum atomic E-state index is 12.3. The molecule has 1 aliphatic rings. The maximum Gasteiger partial charge on any atom is 0.315 e. The Morgan fingerprint density at radius 1 is 1.24 bits per heavy atom. The average molecular weight is 285 g/mol. The van der Waals surface area contributed by atoms with Gasteiger partial charge in [-0.25, -0.2) is 4.79 Å². The van der Waals surface area contributed by atoms with Crippen LogP contribution in [0.25, 0.3) is 0 Å². The number of nitrogens with one attached hydrogen (secondary N) is 3. The highest BCUT2D eigenvalue weighted by molar-refractivity contribution is 5.90. The molecule has 3 rings (SSSR count). The van der Waals surface area contributed by atoms with Gasteiger partial charge in [-0.3, -0.25) is 4.79 Å². The van der Waals surface area contributed by atoms with Crippen LogP contribution < -0.4 is 16.0 Å². The Hall–Kier alpha value is -2.76. The van der Waals surface area contributed by atoms with Gasteiger partial charge in [0.2, 0.25) is 5.91 Å². The summed E-state index contributed by atoms with van der Waals surface area (Å²) < 4.78 is 5.42. The SMILES string of the molecule is O=C1NC[C@H](C(=O)N[C@@H](c2ccccc2)c2ccco2)N1. The van der Waals surface area contributed by atoms with E-state index in [-0.39, 0.29) is 24.5 Å². The van der Waals surface area contributed by atoms with Gasteiger partial charge < -0.3 is 20.4 Å². The van der Waals surface area contributed by atoms with E-state index in [4.69, 9.17) is 4.42 Å². The van der Waals surface area contributed by atoms with Crippen molar-refractivity contribution >= 4 is 11.9 Å². The van der Waals surface area contributed by atoms with Crippen molar-refractivity contribution in [2.45, 2.75) is 12.1 Å². The number of amides is 3. The Bertz CT molecular complexity index is 625. The summed E-state index contributed by atoms with van der Waals surface area (Å²) >= 11 is 0. The van der Waals surface area contributed by atoms with Crippen molar-refractivity contribution in [3.63, 3.8) is 0 Å². The summed E-state index contributed by atoms with van der Waals surface area (Å²) in [4.78, 5) is 23.4. The van der Waals surface area contributed by atoms with Gasteiger partial charge in [0.25, 0.3) is 0 Å². The van der Waals surface area contributed by atoms with E-state index < -0.39 is 6.04 Å². The van der Waals surface area contributed by atoms with E-state index in [0.717, 1.165) is 5.56 Å². The molecule has 2 atom stereocenters. The smallest absolute Gasteiger partial charge is 0.315 e. The summed E-state index contributed by atoms with van der Waals surface area (Å²) in [6, 6.07) is 11.8. The van der Waals surface area contributed by atoms with Gasteiger partial charge in [0.05, 0.1) is 6.26 Å². The first kappa shape index (κ1) is 13.2. The van der Waals surface area contributed by atoms with E-state index in [9.17, 15) is 9.59 Å². The molecule has 0 unspecified atom stereocenters. The fourth-order valence-corrected chi connectivity index (χ4v) is 2.28. The summed E-state index contributed by atoms with van der Waals surface area (Å²) in [5.74, 6) is 0.394. The van der Waals surface area contributed by atoms with Crippen LogP contribution in [-0.4, -0.2) is 24.5 Å². The van der Waals surface area contributed by atoms with Crippen LogP contribution in [0.1, 0.15) is 17.4 Å². The average Bonchev–Trinajstić information content (AvgIpc) is 3.17. The van der Waals surface area contributed by atoms with Crippen molar-refractivity contribution in [1.29, 1.82) is 0 Å². The number of hydrogen-bond acceptors (Lipinski definition) is 3. The molecule has 0 saturated carbocycles. The van der Waals surface area contributed by atoms with Gasteiger partial charge >= 0.3 is 6.03 Å². The van der Waals surface area contributed by atoms with Crippen LogP contribution in [-0.2, 0) is 4.79 Å². The van der Waals surface area contributed by atoms with Crippen LogP contribution in [0.5, 0.6) is 0 Å². The first-order valence-corrected chi connectivity index (χ1v) is 6.67. The minimum absolute atomic E-state index is 0.251. The van der Waals surface area contributed by atoms with E-state index in [0.29, 0.717) is 5.76 Å². The number of rotatable bonds is 4. The predicted molar refractivity (Wildman–Crippen MR) is 75.5 cm³/mol. The first-order chi connectivity index (χ1) is 10.2. The Morgan fingerprint density at radius 3 is 2.67 bits per heavy atom. The molecule has 1 aromatic heterocycles. The molecule has 1 saturated heterocycles. The normalized spacial score (nSPS) is 18.7. The van der Waals surface area contributed by atoms with E-state index in [1.54, 1.807) is 12.3 Å². The van der Waals surface area contributed by atoms with Crippen molar-refractivity contribution in [2.24, 2.45) is 0 Å². The number of urea groups is 1. The predicted octanol–water partition coefficient (Wildman–Crippen LogP) is 1.17. The molecular formula is C15H15N3O3. The van der Waals surface area contributed by atoms with Crippen molar-refractivity contribution < 1.29 is 14.0 Å². The zero-order chi connectivity index (χ0) is 14.7. The summed E-state index contributed by atoms with van der Waals surface area (Å²) in [7, 11) is 0. The summed E-state index contributed by atoms with van der Waals surface area (Å²) in [5, 5.41) is 8.04. The second-order valence-electron chi connectivity index (χ2n) is 4.77. The molecule has 0 bridgehead atoms. The topological polar surface area (TPSA) is 83.4 Å². The van der Waals surface area contributed by atoms with Crippen LogP contribution in [0.2, 0.25) is 0 Å². The largest absolute Gasteiger partial charge is 0.467 e. The molecule has 1 fully saturated rings. The van der Waals surface area contributed by atoms with E-state index in [2.05, 4.69) is 16.0 Å². The third-order valence-corrected chi connectivity index (χ3v) is 3.34. The third kappa shape index (κ3) is 2.89. The molecule has 6 heteroatoms.